The quantitative estimate of drug-likeness (QED) is 0.710. The molecular weight excluding hydrogens is 266 g/mol. The van der Waals surface area contributed by atoms with Crippen molar-refractivity contribution in [1.82, 2.24) is 4.72 Å². The number of sulfonamides is 1. The van der Waals surface area contributed by atoms with Gasteiger partial charge < -0.3 is 0 Å². The highest BCUT2D eigenvalue weighted by Crippen LogP contribution is 2.10. The summed E-state index contributed by atoms with van der Waals surface area (Å²) in [6.45, 7) is 2.51. The van der Waals surface area contributed by atoms with E-state index in [4.69, 9.17) is 0 Å². The molecule has 5 heteroatoms. The number of hydrogen-bond acceptors (Lipinski definition) is 3. The second-order valence-corrected chi connectivity index (χ2v) is 7.14. The second-order valence-electron chi connectivity index (χ2n) is 4.10. The van der Waals surface area contributed by atoms with Crippen LogP contribution < -0.4 is 4.72 Å². The molecule has 0 radical (unpaired) electrons. The van der Waals surface area contributed by atoms with E-state index in [9.17, 15) is 8.42 Å². The van der Waals surface area contributed by atoms with Gasteiger partial charge in [0.25, 0.3) is 0 Å². The van der Waals surface area contributed by atoms with Gasteiger partial charge in [-0.15, -0.1) is 0 Å². The smallest absolute Gasteiger partial charge is 0.211 e. The van der Waals surface area contributed by atoms with E-state index in [1.807, 2.05) is 25.1 Å². The van der Waals surface area contributed by atoms with Crippen LogP contribution in [0, 0.1) is 0 Å². The molecule has 18 heavy (non-hydrogen) atoms. The van der Waals surface area contributed by atoms with Crippen LogP contribution in [0.1, 0.15) is 25.3 Å². The molecule has 1 N–H and O–H groups in total. The Hall–Kier alpha value is -0.520. The van der Waals surface area contributed by atoms with Gasteiger partial charge in [-0.3, -0.25) is 0 Å². The molecule has 0 bridgehead atoms. The zero-order chi connectivity index (χ0) is 13.3. The summed E-state index contributed by atoms with van der Waals surface area (Å²) in [5.74, 6) is 1.98. The van der Waals surface area contributed by atoms with Crippen molar-refractivity contribution in [3.63, 3.8) is 0 Å². The molecule has 1 rings (SSSR count). The first-order valence-electron chi connectivity index (χ1n) is 6.23. The molecular formula is C13H21NO2S2. The highest BCUT2D eigenvalue weighted by Gasteiger charge is 2.07. The third-order valence-electron chi connectivity index (χ3n) is 2.45. The number of thioether (sulfide) groups is 1. The molecule has 0 atom stereocenters. The van der Waals surface area contributed by atoms with Crippen molar-refractivity contribution in [3.05, 3.63) is 35.9 Å². The van der Waals surface area contributed by atoms with Crippen LogP contribution >= 0.6 is 11.8 Å². The maximum Gasteiger partial charge on any atom is 0.211 e. The van der Waals surface area contributed by atoms with Crippen LogP contribution in [-0.4, -0.2) is 26.5 Å². The summed E-state index contributed by atoms with van der Waals surface area (Å²) in [6, 6.07) is 10.2. The first-order valence-corrected chi connectivity index (χ1v) is 9.04. The lowest BCUT2D eigenvalue weighted by Gasteiger charge is -2.06. The van der Waals surface area contributed by atoms with Crippen LogP contribution in [0.3, 0.4) is 0 Å². The van der Waals surface area contributed by atoms with Gasteiger partial charge in [0.05, 0.1) is 5.75 Å². The monoisotopic (exact) mass is 287 g/mol. The SMILES string of the molecule is CCCCS(=O)(=O)NCCSCc1ccccc1. The minimum absolute atomic E-state index is 0.243. The van der Waals surface area contributed by atoms with E-state index in [2.05, 4.69) is 16.9 Å². The van der Waals surface area contributed by atoms with Gasteiger partial charge in [0.1, 0.15) is 0 Å². The first-order chi connectivity index (χ1) is 8.64. The number of benzene rings is 1. The van der Waals surface area contributed by atoms with Gasteiger partial charge in [-0.1, -0.05) is 43.7 Å². The summed E-state index contributed by atoms with van der Waals surface area (Å²) in [7, 11) is -3.05. The van der Waals surface area contributed by atoms with E-state index in [-0.39, 0.29) is 5.75 Å². The Morgan fingerprint density at radius 2 is 1.94 bits per heavy atom. The van der Waals surface area contributed by atoms with Crippen molar-refractivity contribution in [1.29, 1.82) is 0 Å². The minimum atomic E-state index is -3.05. The molecule has 0 fully saturated rings. The van der Waals surface area contributed by atoms with E-state index in [0.717, 1.165) is 24.3 Å². The van der Waals surface area contributed by atoms with E-state index in [1.165, 1.54) is 5.56 Å². The predicted molar refractivity (Wildman–Crippen MR) is 79.3 cm³/mol. The third kappa shape index (κ3) is 7.03. The Balaban J connectivity index is 2.12. The van der Waals surface area contributed by atoms with Crippen LogP contribution in [-0.2, 0) is 15.8 Å². The molecule has 0 spiro atoms. The summed E-state index contributed by atoms with van der Waals surface area (Å²) >= 11 is 1.74. The largest absolute Gasteiger partial charge is 0.214 e. The van der Waals surface area contributed by atoms with Gasteiger partial charge in [-0.2, -0.15) is 11.8 Å². The normalized spacial score (nSPS) is 11.6. The van der Waals surface area contributed by atoms with Crippen molar-refractivity contribution < 1.29 is 8.42 Å². The van der Waals surface area contributed by atoms with Crippen LogP contribution in [0.15, 0.2) is 30.3 Å². The second kappa shape index (κ2) is 8.56. The zero-order valence-corrected chi connectivity index (χ0v) is 12.4. The maximum absolute atomic E-state index is 11.5. The molecule has 0 aliphatic rings. The summed E-state index contributed by atoms with van der Waals surface area (Å²) in [5.41, 5.74) is 1.27. The van der Waals surface area contributed by atoms with Gasteiger partial charge in [0.15, 0.2) is 0 Å². The molecule has 0 aromatic heterocycles. The van der Waals surface area contributed by atoms with Gasteiger partial charge in [-0.25, -0.2) is 13.1 Å². The Labute approximate surface area is 114 Å². The average molecular weight is 287 g/mol. The molecule has 0 saturated carbocycles. The van der Waals surface area contributed by atoms with Crippen LogP contribution in [0.2, 0.25) is 0 Å². The maximum atomic E-state index is 11.5. The fraction of sp³-hybridized carbons (Fsp3) is 0.538. The van der Waals surface area contributed by atoms with Gasteiger partial charge in [-0.05, 0) is 12.0 Å². The predicted octanol–water partition coefficient (Wildman–Crippen LogP) is 2.64. The number of rotatable bonds is 9. The Bertz CT molecular complexity index is 418. The Kier molecular flexibility index (Phi) is 7.39. The van der Waals surface area contributed by atoms with Crippen LogP contribution in [0.25, 0.3) is 0 Å². The average Bonchev–Trinajstić information content (AvgIpc) is 2.37. The Morgan fingerprint density at radius 1 is 1.22 bits per heavy atom. The number of unbranched alkanes of at least 4 members (excludes halogenated alkanes) is 1. The molecule has 102 valence electrons. The topological polar surface area (TPSA) is 46.2 Å². The van der Waals surface area contributed by atoms with Gasteiger partial charge in [0, 0.05) is 18.1 Å². The molecule has 1 aromatic rings. The summed E-state index contributed by atoms with van der Waals surface area (Å²) in [5, 5.41) is 0. The number of hydrogen-bond donors (Lipinski definition) is 1. The van der Waals surface area contributed by atoms with E-state index < -0.39 is 10.0 Å². The van der Waals surface area contributed by atoms with Crippen molar-refractivity contribution in [2.45, 2.75) is 25.5 Å². The van der Waals surface area contributed by atoms with Crippen molar-refractivity contribution in [3.8, 4) is 0 Å². The molecule has 0 unspecified atom stereocenters. The molecule has 0 aliphatic heterocycles. The van der Waals surface area contributed by atoms with Crippen molar-refractivity contribution in [2.24, 2.45) is 0 Å². The van der Waals surface area contributed by atoms with Crippen LogP contribution in [0.4, 0.5) is 0 Å². The highest BCUT2D eigenvalue weighted by molar-refractivity contribution is 7.98. The highest BCUT2D eigenvalue weighted by atomic mass is 32.2. The van der Waals surface area contributed by atoms with E-state index in [1.54, 1.807) is 11.8 Å². The summed E-state index contributed by atoms with van der Waals surface area (Å²) in [4.78, 5) is 0. The first kappa shape index (κ1) is 15.5. The number of nitrogens with one attached hydrogen (secondary N) is 1. The fourth-order valence-electron chi connectivity index (χ4n) is 1.44. The zero-order valence-electron chi connectivity index (χ0n) is 10.8. The molecule has 0 aliphatic carbocycles. The summed E-state index contributed by atoms with van der Waals surface area (Å²) < 4.78 is 25.6. The van der Waals surface area contributed by atoms with E-state index >= 15 is 0 Å². The van der Waals surface area contributed by atoms with Crippen molar-refractivity contribution >= 4 is 21.8 Å². The molecule has 3 nitrogen and oxygen atoms in total. The van der Waals surface area contributed by atoms with E-state index in [0.29, 0.717) is 6.54 Å². The summed E-state index contributed by atoms with van der Waals surface area (Å²) in [6.07, 6.45) is 1.64. The van der Waals surface area contributed by atoms with Gasteiger partial charge >= 0.3 is 0 Å². The lowest BCUT2D eigenvalue weighted by atomic mass is 10.2. The molecule has 0 heterocycles. The van der Waals surface area contributed by atoms with Crippen LogP contribution in [0.5, 0.6) is 0 Å². The Morgan fingerprint density at radius 3 is 2.61 bits per heavy atom. The molecule has 1 aromatic carbocycles. The molecule has 0 saturated heterocycles. The standard InChI is InChI=1S/C13H21NO2S2/c1-2-3-11-18(15,16)14-9-10-17-12-13-7-5-4-6-8-13/h4-8,14H,2-3,9-12H2,1H3. The van der Waals surface area contributed by atoms with Gasteiger partial charge in [0.2, 0.25) is 10.0 Å². The lowest BCUT2D eigenvalue weighted by Crippen LogP contribution is -2.28. The molecule has 0 amide bonds. The fourth-order valence-corrected chi connectivity index (χ4v) is 3.61. The minimum Gasteiger partial charge on any atom is -0.214 e. The third-order valence-corrected chi connectivity index (χ3v) is 4.95. The van der Waals surface area contributed by atoms with Crippen molar-refractivity contribution in [2.75, 3.05) is 18.1 Å². The lowest BCUT2D eigenvalue weighted by molar-refractivity contribution is 0.581.